The maximum Gasteiger partial charge on any atom is 0.276 e. The highest BCUT2D eigenvalue weighted by molar-refractivity contribution is 6.35. The molecule has 2 aromatic rings. The number of amides is 2. The number of nitrogens with one attached hydrogen (secondary N) is 2. The minimum atomic E-state index is -0.543. The molecule has 0 heterocycles. The van der Waals surface area contributed by atoms with Crippen molar-refractivity contribution in [2.75, 3.05) is 6.61 Å². The van der Waals surface area contributed by atoms with E-state index in [-0.39, 0.29) is 11.6 Å². The Morgan fingerprint density at radius 3 is 2.22 bits per heavy atom. The molecule has 0 bridgehead atoms. The number of hydrogen-bond donors (Lipinski definition) is 2. The molecular weight excluding hydrogens is 363 g/mol. The zero-order valence-electron chi connectivity index (χ0n) is 11.6. The first-order valence-electron chi connectivity index (χ1n) is 6.38. The van der Waals surface area contributed by atoms with Gasteiger partial charge < -0.3 is 4.74 Å². The van der Waals surface area contributed by atoms with Gasteiger partial charge in [0.2, 0.25) is 0 Å². The molecule has 0 aliphatic carbocycles. The smallest absolute Gasteiger partial charge is 0.276 e. The monoisotopic (exact) mass is 372 g/mol. The second kappa shape index (κ2) is 8.06. The van der Waals surface area contributed by atoms with Crippen LogP contribution in [0.2, 0.25) is 15.1 Å². The number of ether oxygens (including phenoxy) is 1. The third-order valence-electron chi connectivity index (χ3n) is 2.67. The van der Waals surface area contributed by atoms with Crippen molar-refractivity contribution in [2.24, 2.45) is 0 Å². The zero-order valence-corrected chi connectivity index (χ0v) is 13.9. The van der Waals surface area contributed by atoms with Crippen molar-refractivity contribution in [2.45, 2.75) is 0 Å². The molecule has 2 aromatic carbocycles. The highest BCUT2D eigenvalue weighted by atomic mass is 35.5. The van der Waals surface area contributed by atoms with Crippen LogP contribution in [0.15, 0.2) is 42.5 Å². The predicted molar refractivity (Wildman–Crippen MR) is 89.0 cm³/mol. The zero-order chi connectivity index (χ0) is 16.8. The van der Waals surface area contributed by atoms with Gasteiger partial charge in [-0.15, -0.1) is 0 Å². The van der Waals surface area contributed by atoms with Gasteiger partial charge in [-0.25, -0.2) is 0 Å². The summed E-state index contributed by atoms with van der Waals surface area (Å²) in [5.74, 6) is -0.701. The van der Waals surface area contributed by atoms with Crippen molar-refractivity contribution in [3.63, 3.8) is 0 Å². The van der Waals surface area contributed by atoms with Gasteiger partial charge in [0.15, 0.2) is 6.61 Å². The molecule has 0 radical (unpaired) electrons. The summed E-state index contributed by atoms with van der Waals surface area (Å²) in [5, 5.41) is 1.26. The van der Waals surface area contributed by atoms with Gasteiger partial charge in [-0.1, -0.05) is 34.8 Å². The first kappa shape index (κ1) is 17.4. The first-order valence-corrected chi connectivity index (χ1v) is 7.51. The van der Waals surface area contributed by atoms with Gasteiger partial charge in [0.25, 0.3) is 11.8 Å². The summed E-state index contributed by atoms with van der Waals surface area (Å²) < 4.78 is 5.24. The van der Waals surface area contributed by atoms with Crippen LogP contribution in [-0.4, -0.2) is 18.4 Å². The van der Waals surface area contributed by atoms with Crippen LogP contribution in [0.3, 0.4) is 0 Å². The van der Waals surface area contributed by atoms with E-state index in [1.165, 1.54) is 18.2 Å². The lowest BCUT2D eigenvalue weighted by molar-refractivity contribution is -0.123. The number of halogens is 3. The number of carbonyl (C=O) groups is 2. The summed E-state index contributed by atoms with van der Waals surface area (Å²) in [6, 6.07) is 10.8. The largest absolute Gasteiger partial charge is 0.482 e. The molecule has 120 valence electrons. The second-order valence-corrected chi connectivity index (χ2v) is 5.65. The molecule has 8 heteroatoms. The Morgan fingerprint density at radius 1 is 0.913 bits per heavy atom. The Labute approximate surface area is 147 Å². The Kier molecular flexibility index (Phi) is 6.10. The molecule has 0 fully saturated rings. The molecule has 0 saturated heterocycles. The molecule has 0 saturated carbocycles. The van der Waals surface area contributed by atoms with E-state index in [4.69, 9.17) is 39.5 Å². The molecule has 0 unspecified atom stereocenters. The minimum Gasteiger partial charge on any atom is -0.482 e. The molecule has 0 aromatic heterocycles. The summed E-state index contributed by atoms with van der Waals surface area (Å²) in [6.07, 6.45) is 0. The van der Waals surface area contributed by atoms with E-state index in [9.17, 15) is 9.59 Å². The predicted octanol–water partition coefficient (Wildman–Crippen LogP) is 3.49. The van der Waals surface area contributed by atoms with Crippen molar-refractivity contribution < 1.29 is 14.3 Å². The van der Waals surface area contributed by atoms with E-state index in [1.807, 2.05) is 0 Å². The Bertz CT molecular complexity index is 720. The molecule has 23 heavy (non-hydrogen) atoms. The number of rotatable bonds is 4. The minimum absolute atomic E-state index is 0.287. The average Bonchev–Trinajstić information content (AvgIpc) is 2.52. The molecule has 0 atom stereocenters. The quantitative estimate of drug-likeness (QED) is 0.806. The number of hydrazine groups is 1. The van der Waals surface area contributed by atoms with Gasteiger partial charge in [-0.2, -0.15) is 0 Å². The van der Waals surface area contributed by atoms with Gasteiger partial charge in [-0.3, -0.25) is 20.4 Å². The molecule has 0 aliphatic rings. The van der Waals surface area contributed by atoms with Gasteiger partial charge in [0.05, 0.1) is 5.02 Å². The van der Waals surface area contributed by atoms with Gasteiger partial charge in [0.1, 0.15) is 5.75 Å². The van der Waals surface area contributed by atoms with E-state index in [2.05, 4.69) is 10.9 Å². The fourth-order valence-corrected chi connectivity index (χ4v) is 2.16. The molecule has 5 nitrogen and oxygen atoms in total. The molecule has 2 rings (SSSR count). The fourth-order valence-electron chi connectivity index (χ4n) is 1.57. The van der Waals surface area contributed by atoms with Crippen molar-refractivity contribution >= 4 is 46.6 Å². The Balaban J connectivity index is 1.81. The second-order valence-electron chi connectivity index (χ2n) is 4.37. The van der Waals surface area contributed by atoms with Crippen molar-refractivity contribution in [1.82, 2.24) is 10.9 Å². The normalized spacial score (nSPS) is 10.0. The topological polar surface area (TPSA) is 67.4 Å². The van der Waals surface area contributed by atoms with Crippen LogP contribution >= 0.6 is 34.8 Å². The van der Waals surface area contributed by atoms with E-state index in [1.54, 1.807) is 24.3 Å². The van der Waals surface area contributed by atoms with Crippen LogP contribution in [0.5, 0.6) is 5.75 Å². The Morgan fingerprint density at radius 2 is 1.57 bits per heavy atom. The lowest BCUT2D eigenvalue weighted by Gasteiger charge is -2.10. The van der Waals surface area contributed by atoms with E-state index in [0.717, 1.165) is 0 Å². The molecular formula is C15H11Cl3N2O3. The summed E-state index contributed by atoms with van der Waals surface area (Å²) in [6.45, 7) is -0.317. The highest BCUT2D eigenvalue weighted by Crippen LogP contribution is 2.27. The van der Waals surface area contributed by atoms with E-state index >= 15 is 0 Å². The third kappa shape index (κ3) is 5.32. The number of hydrogen-bond acceptors (Lipinski definition) is 3. The Hall–Kier alpha value is -1.95. The standard InChI is InChI=1S/C15H11Cl3N2O3/c16-10-3-1-9(2-4-10)15(22)20-19-14(21)8-23-13-6-5-11(17)7-12(13)18/h1-7H,8H2,(H,19,21)(H,20,22). The van der Waals surface area contributed by atoms with Crippen molar-refractivity contribution in [1.29, 1.82) is 0 Å². The fraction of sp³-hybridized carbons (Fsp3) is 0.0667. The molecule has 2 amide bonds. The summed E-state index contributed by atoms with van der Waals surface area (Å²) in [4.78, 5) is 23.4. The summed E-state index contributed by atoms with van der Waals surface area (Å²) >= 11 is 17.4. The molecule has 0 aliphatic heterocycles. The van der Waals surface area contributed by atoms with Crippen molar-refractivity contribution in [3.05, 3.63) is 63.1 Å². The van der Waals surface area contributed by atoms with E-state index < -0.39 is 11.8 Å². The highest BCUT2D eigenvalue weighted by Gasteiger charge is 2.09. The van der Waals surface area contributed by atoms with Crippen LogP contribution in [0.4, 0.5) is 0 Å². The van der Waals surface area contributed by atoms with Crippen LogP contribution in [0.25, 0.3) is 0 Å². The van der Waals surface area contributed by atoms with Crippen LogP contribution in [-0.2, 0) is 4.79 Å². The summed E-state index contributed by atoms with van der Waals surface area (Å²) in [5.41, 5.74) is 4.85. The van der Waals surface area contributed by atoms with Crippen molar-refractivity contribution in [3.8, 4) is 5.75 Å². The lowest BCUT2D eigenvalue weighted by Crippen LogP contribution is -2.43. The molecule has 2 N–H and O–H groups in total. The maximum absolute atomic E-state index is 11.8. The third-order valence-corrected chi connectivity index (χ3v) is 3.46. The maximum atomic E-state index is 11.8. The number of carbonyl (C=O) groups excluding carboxylic acids is 2. The van der Waals surface area contributed by atoms with Gasteiger partial charge in [0, 0.05) is 15.6 Å². The lowest BCUT2D eigenvalue weighted by atomic mass is 10.2. The van der Waals surface area contributed by atoms with Crippen LogP contribution < -0.4 is 15.6 Å². The number of benzene rings is 2. The first-order chi connectivity index (χ1) is 11.0. The summed E-state index contributed by atoms with van der Waals surface area (Å²) in [7, 11) is 0. The SMILES string of the molecule is O=C(COc1ccc(Cl)cc1Cl)NNC(=O)c1ccc(Cl)cc1. The van der Waals surface area contributed by atoms with Gasteiger partial charge in [-0.05, 0) is 42.5 Å². The van der Waals surface area contributed by atoms with Crippen LogP contribution in [0, 0.1) is 0 Å². The average molecular weight is 374 g/mol. The molecule has 0 spiro atoms. The van der Waals surface area contributed by atoms with Crippen LogP contribution in [0.1, 0.15) is 10.4 Å². The van der Waals surface area contributed by atoms with Gasteiger partial charge >= 0.3 is 0 Å². The van der Waals surface area contributed by atoms with E-state index in [0.29, 0.717) is 21.4 Å².